The van der Waals surface area contributed by atoms with Crippen molar-refractivity contribution in [2.75, 3.05) is 0 Å². The molecule has 0 saturated carbocycles. The molecule has 94 valence electrons. The molecule has 0 fully saturated rings. The molecule has 0 amide bonds. The summed E-state index contributed by atoms with van der Waals surface area (Å²) < 4.78 is 0. The van der Waals surface area contributed by atoms with Gasteiger partial charge in [-0.25, -0.2) is 0 Å². The van der Waals surface area contributed by atoms with Crippen LogP contribution in [-0.2, 0) is 6.42 Å². The molecule has 1 atom stereocenters. The van der Waals surface area contributed by atoms with Gasteiger partial charge in [-0.15, -0.1) is 0 Å². The van der Waals surface area contributed by atoms with Gasteiger partial charge in [0, 0.05) is 11.9 Å². The van der Waals surface area contributed by atoms with E-state index in [1.807, 2.05) is 37.3 Å². The monoisotopic (exact) mass is 241 g/mol. The van der Waals surface area contributed by atoms with E-state index in [-0.39, 0.29) is 0 Å². The summed E-state index contributed by atoms with van der Waals surface area (Å²) in [5, 5.41) is 10.2. The van der Waals surface area contributed by atoms with E-state index in [4.69, 9.17) is 0 Å². The van der Waals surface area contributed by atoms with Crippen LogP contribution in [0.1, 0.15) is 34.9 Å². The Morgan fingerprint density at radius 2 is 2.00 bits per heavy atom. The molecule has 0 aliphatic heterocycles. The van der Waals surface area contributed by atoms with E-state index in [1.54, 1.807) is 6.20 Å². The van der Waals surface area contributed by atoms with Gasteiger partial charge in [-0.1, -0.05) is 29.8 Å². The Kier molecular flexibility index (Phi) is 4.11. The largest absolute Gasteiger partial charge is 0.388 e. The number of pyridine rings is 1. The standard InChI is InChI=1S/C16H19NO/c1-12-6-8-15(13(2)11-12)16(18)9-7-14-5-3-4-10-17-14/h3-6,8,10-11,16,18H,7,9H2,1-2H3. The zero-order valence-electron chi connectivity index (χ0n) is 10.9. The number of aromatic nitrogens is 1. The van der Waals surface area contributed by atoms with Crippen LogP contribution in [0.5, 0.6) is 0 Å². The van der Waals surface area contributed by atoms with Crippen molar-refractivity contribution in [2.45, 2.75) is 32.8 Å². The smallest absolute Gasteiger partial charge is 0.0796 e. The molecule has 0 radical (unpaired) electrons. The van der Waals surface area contributed by atoms with E-state index in [0.29, 0.717) is 6.42 Å². The van der Waals surface area contributed by atoms with Gasteiger partial charge in [-0.2, -0.15) is 0 Å². The average molecular weight is 241 g/mol. The van der Waals surface area contributed by atoms with Crippen molar-refractivity contribution >= 4 is 0 Å². The molecule has 1 aromatic heterocycles. The maximum absolute atomic E-state index is 10.2. The van der Waals surface area contributed by atoms with E-state index < -0.39 is 6.10 Å². The zero-order valence-corrected chi connectivity index (χ0v) is 10.9. The third-order valence-electron chi connectivity index (χ3n) is 3.18. The molecule has 0 aliphatic rings. The highest BCUT2D eigenvalue weighted by Crippen LogP contribution is 2.22. The Morgan fingerprint density at radius 3 is 2.67 bits per heavy atom. The van der Waals surface area contributed by atoms with Crippen molar-refractivity contribution in [3.8, 4) is 0 Å². The lowest BCUT2D eigenvalue weighted by Gasteiger charge is -2.14. The minimum absolute atomic E-state index is 0.410. The average Bonchev–Trinajstić information content (AvgIpc) is 2.37. The lowest BCUT2D eigenvalue weighted by Crippen LogP contribution is -2.03. The number of aryl methyl sites for hydroxylation is 3. The molecule has 1 unspecified atom stereocenters. The van der Waals surface area contributed by atoms with Crippen LogP contribution in [0.25, 0.3) is 0 Å². The summed E-state index contributed by atoms with van der Waals surface area (Å²) in [7, 11) is 0. The number of hydrogen-bond acceptors (Lipinski definition) is 2. The molecule has 1 N–H and O–H groups in total. The fraction of sp³-hybridized carbons (Fsp3) is 0.312. The molecule has 2 rings (SSSR count). The van der Waals surface area contributed by atoms with Crippen LogP contribution >= 0.6 is 0 Å². The summed E-state index contributed by atoms with van der Waals surface area (Å²) in [5.41, 5.74) is 4.44. The van der Waals surface area contributed by atoms with E-state index in [0.717, 1.165) is 23.2 Å². The third kappa shape index (κ3) is 3.17. The van der Waals surface area contributed by atoms with Gasteiger partial charge in [-0.05, 0) is 49.9 Å². The predicted molar refractivity (Wildman–Crippen MR) is 73.4 cm³/mol. The Balaban J connectivity index is 2.01. The molecule has 1 heterocycles. The van der Waals surface area contributed by atoms with Gasteiger partial charge in [0.25, 0.3) is 0 Å². The molecule has 2 nitrogen and oxygen atoms in total. The molecule has 0 aliphatic carbocycles. The number of hydrogen-bond donors (Lipinski definition) is 1. The van der Waals surface area contributed by atoms with Crippen LogP contribution in [0.15, 0.2) is 42.6 Å². The van der Waals surface area contributed by atoms with Gasteiger partial charge in [-0.3, -0.25) is 4.98 Å². The van der Waals surface area contributed by atoms with Crippen LogP contribution < -0.4 is 0 Å². The quantitative estimate of drug-likeness (QED) is 0.890. The first kappa shape index (κ1) is 12.8. The summed E-state index contributed by atoms with van der Waals surface area (Å²) >= 11 is 0. The first-order valence-corrected chi connectivity index (χ1v) is 6.32. The minimum atomic E-state index is -0.410. The van der Waals surface area contributed by atoms with Crippen molar-refractivity contribution in [2.24, 2.45) is 0 Å². The zero-order chi connectivity index (χ0) is 13.0. The van der Waals surface area contributed by atoms with Gasteiger partial charge in [0.2, 0.25) is 0 Å². The molecule has 0 saturated heterocycles. The van der Waals surface area contributed by atoms with Crippen molar-refractivity contribution < 1.29 is 5.11 Å². The second-order valence-corrected chi connectivity index (χ2v) is 4.74. The van der Waals surface area contributed by atoms with Crippen LogP contribution in [0, 0.1) is 13.8 Å². The van der Waals surface area contributed by atoms with Crippen LogP contribution in [0.4, 0.5) is 0 Å². The van der Waals surface area contributed by atoms with Crippen molar-refractivity contribution in [1.82, 2.24) is 4.98 Å². The van der Waals surface area contributed by atoms with Crippen molar-refractivity contribution in [3.63, 3.8) is 0 Å². The topological polar surface area (TPSA) is 33.1 Å². The molecule has 1 aromatic carbocycles. The maximum Gasteiger partial charge on any atom is 0.0796 e. The second kappa shape index (κ2) is 5.78. The summed E-state index contributed by atoms with van der Waals surface area (Å²) in [6.45, 7) is 4.11. The van der Waals surface area contributed by atoms with E-state index >= 15 is 0 Å². The number of nitrogens with zero attached hydrogens (tertiary/aromatic N) is 1. The second-order valence-electron chi connectivity index (χ2n) is 4.74. The van der Waals surface area contributed by atoms with Crippen LogP contribution in [0.2, 0.25) is 0 Å². The highest BCUT2D eigenvalue weighted by molar-refractivity contribution is 5.32. The highest BCUT2D eigenvalue weighted by atomic mass is 16.3. The predicted octanol–water partition coefficient (Wildman–Crippen LogP) is 3.36. The lowest BCUT2D eigenvalue weighted by molar-refractivity contribution is 0.167. The number of benzene rings is 1. The van der Waals surface area contributed by atoms with Gasteiger partial charge in [0.15, 0.2) is 0 Å². The minimum Gasteiger partial charge on any atom is -0.388 e. The van der Waals surface area contributed by atoms with Crippen molar-refractivity contribution in [3.05, 3.63) is 65.0 Å². The van der Waals surface area contributed by atoms with E-state index in [1.165, 1.54) is 5.56 Å². The van der Waals surface area contributed by atoms with Gasteiger partial charge < -0.3 is 5.11 Å². The maximum atomic E-state index is 10.2. The first-order chi connectivity index (χ1) is 8.66. The Labute approximate surface area is 108 Å². The van der Waals surface area contributed by atoms with Crippen LogP contribution in [0.3, 0.4) is 0 Å². The number of aliphatic hydroxyl groups excluding tert-OH is 1. The molecule has 0 bridgehead atoms. The van der Waals surface area contributed by atoms with Crippen LogP contribution in [-0.4, -0.2) is 10.1 Å². The Bertz CT molecular complexity index is 508. The summed E-state index contributed by atoms with van der Waals surface area (Å²) in [6.07, 6.45) is 2.89. The van der Waals surface area contributed by atoms with Gasteiger partial charge in [0.1, 0.15) is 0 Å². The summed E-state index contributed by atoms with van der Waals surface area (Å²) in [6, 6.07) is 12.1. The molecule has 2 heteroatoms. The fourth-order valence-corrected chi connectivity index (χ4v) is 2.19. The normalized spacial score (nSPS) is 12.4. The molecule has 18 heavy (non-hydrogen) atoms. The number of aliphatic hydroxyl groups is 1. The Morgan fingerprint density at radius 1 is 1.17 bits per heavy atom. The highest BCUT2D eigenvalue weighted by Gasteiger charge is 2.10. The van der Waals surface area contributed by atoms with Gasteiger partial charge in [0.05, 0.1) is 6.10 Å². The molecule has 0 spiro atoms. The van der Waals surface area contributed by atoms with E-state index in [2.05, 4.69) is 18.0 Å². The van der Waals surface area contributed by atoms with Gasteiger partial charge >= 0.3 is 0 Å². The first-order valence-electron chi connectivity index (χ1n) is 6.32. The summed E-state index contributed by atoms with van der Waals surface area (Å²) in [4.78, 5) is 4.27. The fourth-order valence-electron chi connectivity index (χ4n) is 2.19. The van der Waals surface area contributed by atoms with Crippen molar-refractivity contribution in [1.29, 1.82) is 0 Å². The molecule has 2 aromatic rings. The van der Waals surface area contributed by atoms with E-state index in [9.17, 15) is 5.11 Å². The molecular formula is C16H19NO. The molecular weight excluding hydrogens is 222 g/mol. The lowest BCUT2D eigenvalue weighted by atomic mass is 9.97. The summed E-state index contributed by atoms with van der Waals surface area (Å²) in [5.74, 6) is 0. The Hall–Kier alpha value is -1.67. The SMILES string of the molecule is Cc1ccc(C(O)CCc2ccccn2)c(C)c1. The third-order valence-corrected chi connectivity index (χ3v) is 3.18. The number of rotatable bonds is 4.